The predicted molar refractivity (Wildman–Crippen MR) is 64.9 cm³/mol. The number of anilines is 1. The second-order valence-corrected chi connectivity index (χ2v) is 5.13. The fourth-order valence-electron chi connectivity index (χ4n) is 1.20. The first kappa shape index (κ1) is 13.9. The lowest BCUT2D eigenvalue weighted by Crippen LogP contribution is -2.25. The van der Waals surface area contributed by atoms with Crippen molar-refractivity contribution in [2.45, 2.75) is 18.2 Å². The van der Waals surface area contributed by atoms with Crippen LogP contribution in [0.25, 0.3) is 0 Å². The highest BCUT2D eigenvalue weighted by Gasteiger charge is 2.13. The maximum atomic E-state index is 11.8. The van der Waals surface area contributed by atoms with Crippen LogP contribution in [-0.2, 0) is 14.8 Å². The van der Waals surface area contributed by atoms with Crippen molar-refractivity contribution in [3.63, 3.8) is 0 Å². The third kappa shape index (κ3) is 4.68. The molecule has 0 spiro atoms. The Balaban J connectivity index is 2.51. The van der Waals surface area contributed by atoms with Crippen LogP contribution in [0.5, 0.6) is 0 Å². The van der Waals surface area contributed by atoms with E-state index in [0.717, 1.165) is 0 Å². The molecule has 0 fully saturated rings. The monoisotopic (exact) mass is 259 g/mol. The topological polar surface area (TPSA) is 94.3 Å². The van der Waals surface area contributed by atoms with Crippen LogP contribution in [0.3, 0.4) is 0 Å². The molecule has 1 aromatic rings. The average Bonchev–Trinajstić information content (AvgIpc) is 2.29. The summed E-state index contributed by atoms with van der Waals surface area (Å²) in [5, 5.41) is 0. The van der Waals surface area contributed by atoms with Crippen molar-refractivity contribution in [2.75, 3.05) is 25.5 Å². The van der Waals surface area contributed by atoms with Gasteiger partial charge in [0.25, 0.3) is 0 Å². The van der Waals surface area contributed by atoms with Crippen molar-refractivity contribution in [3.8, 4) is 0 Å². The fraction of sp³-hybridized carbons (Fsp3) is 0.500. The maximum absolute atomic E-state index is 11.8. The first-order valence-electron chi connectivity index (χ1n) is 5.35. The van der Waals surface area contributed by atoms with Gasteiger partial charge in [0.1, 0.15) is 5.82 Å². The number of aromatic nitrogens is 1. The zero-order valence-corrected chi connectivity index (χ0v) is 10.5. The highest BCUT2D eigenvalue weighted by molar-refractivity contribution is 7.89. The summed E-state index contributed by atoms with van der Waals surface area (Å²) < 4.78 is 31.1. The van der Waals surface area contributed by atoms with Crippen LogP contribution in [-0.4, -0.2) is 33.2 Å². The Morgan fingerprint density at radius 2 is 2.29 bits per heavy atom. The Morgan fingerprint density at radius 1 is 1.53 bits per heavy atom. The van der Waals surface area contributed by atoms with Crippen molar-refractivity contribution >= 4 is 15.8 Å². The highest BCUT2D eigenvalue weighted by Crippen LogP contribution is 2.09. The van der Waals surface area contributed by atoms with Crippen molar-refractivity contribution in [3.05, 3.63) is 18.3 Å². The normalized spacial score (nSPS) is 11.6. The number of nitrogens with zero attached hydrogens (tertiary/aromatic N) is 1. The van der Waals surface area contributed by atoms with E-state index in [2.05, 4.69) is 9.71 Å². The van der Waals surface area contributed by atoms with E-state index in [-0.39, 0.29) is 10.7 Å². The van der Waals surface area contributed by atoms with E-state index >= 15 is 0 Å². The Hall–Kier alpha value is -1.18. The molecule has 0 aliphatic heterocycles. The Kier molecular flexibility index (Phi) is 5.33. The van der Waals surface area contributed by atoms with Gasteiger partial charge in [0, 0.05) is 32.0 Å². The van der Waals surface area contributed by atoms with E-state index in [0.29, 0.717) is 26.2 Å². The summed E-state index contributed by atoms with van der Waals surface area (Å²) in [5.74, 6) is 0.183. The minimum absolute atomic E-state index is 0.126. The molecule has 0 aromatic carbocycles. The summed E-state index contributed by atoms with van der Waals surface area (Å²) >= 11 is 0. The number of ether oxygens (including phenoxy) is 1. The number of nitrogens with two attached hydrogens (primary N) is 1. The number of sulfonamides is 1. The van der Waals surface area contributed by atoms with E-state index in [9.17, 15) is 8.42 Å². The first-order valence-corrected chi connectivity index (χ1v) is 6.83. The van der Waals surface area contributed by atoms with Crippen LogP contribution in [0.1, 0.15) is 13.3 Å². The quantitative estimate of drug-likeness (QED) is 0.690. The van der Waals surface area contributed by atoms with Gasteiger partial charge < -0.3 is 10.5 Å². The van der Waals surface area contributed by atoms with Gasteiger partial charge >= 0.3 is 0 Å². The van der Waals surface area contributed by atoms with Crippen molar-refractivity contribution in [1.29, 1.82) is 0 Å². The van der Waals surface area contributed by atoms with Gasteiger partial charge in [0.15, 0.2) is 0 Å². The van der Waals surface area contributed by atoms with Crippen LogP contribution in [0, 0.1) is 0 Å². The molecule has 0 bridgehead atoms. The summed E-state index contributed by atoms with van der Waals surface area (Å²) in [6.45, 7) is 3.40. The van der Waals surface area contributed by atoms with E-state index in [1.54, 1.807) is 0 Å². The van der Waals surface area contributed by atoms with Crippen LogP contribution in [0.4, 0.5) is 5.82 Å². The maximum Gasteiger partial charge on any atom is 0.240 e. The first-order chi connectivity index (χ1) is 8.06. The molecule has 96 valence electrons. The molecule has 6 nitrogen and oxygen atoms in total. The van der Waals surface area contributed by atoms with Crippen molar-refractivity contribution in [1.82, 2.24) is 9.71 Å². The standard InChI is InChI=1S/C10H17N3O3S/c1-2-16-7-3-5-13-17(14,15)9-4-6-12-10(11)8-9/h4,6,8,13H,2-3,5,7H2,1H3,(H2,11,12). The molecule has 1 aromatic heterocycles. The highest BCUT2D eigenvalue weighted by atomic mass is 32.2. The summed E-state index contributed by atoms with van der Waals surface area (Å²) in [7, 11) is -3.50. The fourth-order valence-corrected chi connectivity index (χ4v) is 2.30. The molecule has 0 saturated carbocycles. The number of hydrogen-bond acceptors (Lipinski definition) is 5. The van der Waals surface area contributed by atoms with Crippen LogP contribution in [0.15, 0.2) is 23.2 Å². The molecule has 0 radical (unpaired) electrons. The molecule has 0 atom stereocenters. The minimum atomic E-state index is -3.50. The number of rotatable bonds is 7. The lowest BCUT2D eigenvalue weighted by Gasteiger charge is -2.06. The van der Waals surface area contributed by atoms with Gasteiger partial charge in [-0.25, -0.2) is 18.1 Å². The Morgan fingerprint density at radius 3 is 2.94 bits per heavy atom. The van der Waals surface area contributed by atoms with Gasteiger partial charge in [0.2, 0.25) is 10.0 Å². The second kappa shape index (κ2) is 6.53. The lowest BCUT2D eigenvalue weighted by molar-refractivity contribution is 0.146. The number of pyridine rings is 1. The smallest absolute Gasteiger partial charge is 0.240 e. The summed E-state index contributed by atoms with van der Waals surface area (Å²) in [6.07, 6.45) is 2.00. The molecule has 0 amide bonds. The zero-order chi connectivity index (χ0) is 12.7. The molecule has 3 N–H and O–H groups in total. The summed E-state index contributed by atoms with van der Waals surface area (Å²) in [6, 6.07) is 2.73. The number of nitrogen functional groups attached to an aromatic ring is 1. The van der Waals surface area contributed by atoms with Crippen LogP contribution < -0.4 is 10.5 Å². The van der Waals surface area contributed by atoms with Gasteiger partial charge in [-0.3, -0.25) is 0 Å². The molecular formula is C10H17N3O3S. The molecule has 0 unspecified atom stereocenters. The zero-order valence-electron chi connectivity index (χ0n) is 9.72. The van der Waals surface area contributed by atoms with Gasteiger partial charge in [-0.05, 0) is 19.4 Å². The molecule has 17 heavy (non-hydrogen) atoms. The number of nitrogens with one attached hydrogen (secondary N) is 1. The molecule has 1 rings (SSSR count). The summed E-state index contributed by atoms with van der Waals surface area (Å²) in [4.78, 5) is 3.87. The molecular weight excluding hydrogens is 242 g/mol. The third-order valence-electron chi connectivity index (χ3n) is 2.02. The SMILES string of the molecule is CCOCCCNS(=O)(=O)c1ccnc(N)c1. The average molecular weight is 259 g/mol. The summed E-state index contributed by atoms with van der Waals surface area (Å²) in [5.41, 5.74) is 5.43. The van der Waals surface area contributed by atoms with E-state index < -0.39 is 10.0 Å². The largest absolute Gasteiger partial charge is 0.384 e. The van der Waals surface area contributed by atoms with Gasteiger partial charge in [-0.1, -0.05) is 0 Å². The third-order valence-corrected chi connectivity index (χ3v) is 3.48. The van der Waals surface area contributed by atoms with Gasteiger partial charge in [-0.2, -0.15) is 0 Å². The van der Waals surface area contributed by atoms with E-state index in [1.165, 1.54) is 18.3 Å². The predicted octanol–water partition coefficient (Wildman–Crippen LogP) is 0.369. The Bertz CT molecular complexity index is 448. The van der Waals surface area contributed by atoms with Crippen LogP contribution >= 0.6 is 0 Å². The molecule has 1 heterocycles. The van der Waals surface area contributed by atoms with Gasteiger partial charge in [0.05, 0.1) is 4.90 Å². The van der Waals surface area contributed by atoms with Gasteiger partial charge in [-0.15, -0.1) is 0 Å². The van der Waals surface area contributed by atoms with Crippen molar-refractivity contribution < 1.29 is 13.2 Å². The molecule has 0 aliphatic carbocycles. The van der Waals surface area contributed by atoms with E-state index in [4.69, 9.17) is 10.5 Å². The second-order valence-electron chi connectivity index (χ2n) is 3.36. The number of hydrogen-bond donors (Lipinski definition) is 2. The lowest BCUT2D eigenvalue weighted by atomic mass is 10.5. The molecule has 0 aliphatic rings. The Labute approximate surface area is 101 Å². The minimum Gasteiger partial charge on any atom is -0.384 e. The van der Waals surface area contributed by atoms with E-state index in [1.807, 2.05) is 6.92 Å². The van der Waals surface area contributed by atoms with Crippen LogP contribution in [0.2, 0.25) is 0 Å². The molecule has 0 saturated heterocycles. The molecule has 7 heteroatoms. The van der Waals surface area contributed by atoms with Crippen molar-refractivity contribution in [2.24, 2.45) is 0 Å².